The van der Waals surface area contributed by atoms with Gasteiger partial charge in [0.2, 0.25) is 0 Å². The molecule has 1 saturated heterocycles. The Morgan fingerprint density at radius 1 is 1.22 bits per heavy atom. The number of amides is 1. The van der Waals surface area contributed by atoms with E-state index in [4.69, 9.17) is 9.47 Å². The lowest BCUT2D eigenvalue weighted by molar-refractivity contribution is -0.132. The van der Waals surface area contributed by atoms with Crippen LogP contribution in [-0.2, 0) is 16.0 Å². The van der Waals surface area contributed by atoms with Crippen LogP contribution in [0.1, 0.15) is 35.9 Å². The maximum atomic E-state index is 13.4. The van der Waals surface area contributed by atoms with E-state index in [-0.39, 0.29) is 17.4 Å². The SMILES string of the molecule is CCOc1ccc2nc(N3C(=O)C(=O)/C(=C(/O)c4ccc5c(c4)CC(C)O5)C3c3cccs3)sc2c1. The number of fused-ring (bicyclic) bond motifs is 2. The molecular weight excluding hydrogens is 496 g/mol. The molecule has 2 aromatic carbocycles. The molecule has 182 valence electrons. The van der Waals surface area contributed by atoms with Crippen LogP contribution in [0.2, 0.25) is 0 Å². The van der Waals surface area contributed by atoms with Gasteiger partial charge in [-0.1, -0.05) is 17.4 Å². The van der Waals surface area contributed by atoms with Crippen LogP contribution in [0.25, 0.3) is 16.0 Å². The molecule has 0 aliphatic carbocycles. The molecule has 2 aliphatic heterocycles. The molecule has 0 spiro atoms. The highest BCUT2D eigenvalue weighted by molar-refractivity contribution is 7.22. The lowest BCUT2D eigenvalue weighted by Crippen LogP contribution is -2.28. The van der Waals surface area contributed by atoms with Crippen LogP contribution in [0.5, 0.6) is 11.5 Å². The molecule has 7 nitrogen and oxygen atoms in total. The van der Waals surface area contributed by atoms with E-state index < -0.39 is 17.7 Å². The number of rotatable bonds is 5. The first kappa shape index (κ1) is 22.8. The maximum Gasteiger partial charge on any atom is 0.301 e. The summed E-state index contributed by atoms with van der Waals surface area (Å²) < 4.78 is 12.2. The summed E-state index contributed by atoms with van der Waals surface area (Å²) in [6, 6.07) is 13.8. The number of hydrogen-bond acceptors (Lipinski definition) is 8. The third kappa shape index (κ3) is 3.66. The number of ether oxygens (including phenoxy) is 2. The predicted octanol–water partition coefficient (Wildman–Crippen LogP) is 5.71. The Morgan fingerprint density at radius 2 is 2.08 bits per heavy atom. The molecule has 9 heteroatoms. The van der Waals surface area contributed by atoms with Crippen molar-refractivity contribution < 1.29 is 24.2 Å². The van der Waals surface area contributed by atoms with E-state index in [0.717, 1.165) is 20.9 Å². The number of thiophene rings is 1. The number of anilines is 1. The zero-order chi connectivity index (χ0) is 25.0. The van der Waals surface area contributed by atoms with Gasteiger partial charge in [-0.05, 0) is 67.3 Å². The van der Waals surface area contributed by atoms with Gasteiger partial charge < -0.3 is 14.6 Å². The molecule has 2 atom stereocenters. The Labute approximate surface area is 215 Å². The zero-order valence-electron chi connectivity index (χ0n) is 19.6. The first-order valence-corrected chi connectivity index (χ1v) is 13.3. The Kier molecular flexibility index (Phi) is 5.54. The standard InChI is InChI=1S/C27H22N2O5S2/c1-3-33-17-7-8-18-21(13-17)36-27(28-18)29-23(20-5-4-10-35-20)22(25(31)26(29)32)24(30)15-6-9-19-16(12-15)11-14(2)34-19/h4-10,12-14,23,30H,3,11H2,1-2H3/b24-22+. The van der Waals surface area contributed by atoms with Crippen molar-refractivity contribution in [2.45, 2.75) is 32.4 Å². The highest BCUT2D eigenvalue weighted by Crippen LogP contribution is 2.46. The number of nitrogens with zero attached hydrogens (tertiary/aromatic N) is 2. The predicted molar refractivity (Wildman–Crippen MR) is 140 cm³/mol. The topological polar surface area (TPSA) is 89.0 Å². The molecule has 2 aliphatic rings. The van der Waals surface area contributed by atoms with E-state index >= 15 is 0 Å². The van der Waals surface area contributed by atoms with Gasteiger partial charge in [-0.3, -0.25) is 14.5 Å². The van der Waals surface area contributed by atoms with E-state index in [1.54, 1.807) is 12.1 Å². The fraction of sp³-hybridized carbons (Fsp3) is 0.222. The maximum absolute atomic E-state index is 13.4. The summed E-state index contributed by atoms with van der Waals surface area (Å²) in [6.07, 6.45) is 0.769. The summed E-state index contributed by atoms with van der Waals surface area (Å²) in [7, 11) is 0. The Hall–Kier alpha value is -3.69. The van der Waals surface area contributed by atoms with Gasteiger partial charge in [0.1, 0.15) is 29.4 Å². The van der Waals surface area contributed by atoms with Crippen molar-refractivity contribution in [3.63, 3.8) is 0 Å². The van der Waals surface area contributed by atoms with Gasteiger partial charge in [0, 0.05) is 16.9 Å². The number of carbonyl (C=O) groups is 2. The van der Waals surface area contributed by atoms with Crippen molar-refractivity contribution in [2.24, 2.45) is 0 Å². The van der Waals surface area contributed by atoms with Gasteiger partial charge in [0.15, 0.2) is 5.13 Å². The fourth-order valence-corrected chi connectivity index (χ4v) is 6.57. The fourth-order valence-electron chi connectivity index (χ4n) is 4.72. The van der Waals surface area contributed by atoms with Crippen molar-refractivity contribution in [2.75, 3.05) is 11.5 Å². The number of ketones is 1. The van der Waals surface area contributed by atoms with E-state index in [1.807, 2.05) is 55.6 Å². The molecule has 2 unspecified atom stereocenters. The molecule has 2 aromatic heterocycles. The van der Waals surface area contributed by atoms with E-state index in [2.05, 4.69) is 4.98 Å². The van der Waals surface area contributed by atoms with Crippen molar-refractivity contribution in [1.82, 2.24) is 4.98 Å². The third-order valence-electron chi connectivity index (χ3n) is 6.29. The van der Waals surface area contributed by atoms with Crippen molar-refractivity contribution >= 4 is 55.5 Å². The monoisotopic (exact) mass is 518 g/mol. The normalized spacial score (nSPS) is 20.7. The first-order valence-electron chi connectivity index (χ1n) is 11.6. The summed E-state index contributed by atoms with van der Waals surface area (Å²) >= 11 is 2.73. The smallest absolute Gasteiger partial charge is 0.301 e. The molecule has 6 rings (SSSR count). The zero-order valence-corrected chi connectivity index (χ0v) is 21.2. The Balaban J connectivity index is 1.48. The second-order valence-corrected chi connectivity index (χ2v) is 10.7. The summed E-state index contributed by atoms with van der Waals surface area (Å²) in [6.45, 7) is 4.44. The first-order chi connectivity index (χ1) is 17.4. The lowest BCUT2D eigenvalue weighted by Gasteiger charge is -2.21. The minimum absolute atomic E-state index is 0.0522. The average Bonchev–Trinajstić information content (AvgIpc) is 3.64. The second kappa shape index (κ2) is 8.76. The number of Topliss-reactive ketones (excluding diaryl/α,β-unsaturated/α-hetero) is 1. The van der Waals surface area contributed by atoms with Gasteiger partial charge in [-0.15, -0.1) is 11.3 Å². The third-order valence-corrected chi connectivity index (χ3v) is 8.23. The summed E-state index contributed by atoms with van der Waals surface area (Å²) in [4.78, 5) is 33.6. The number of aliphatic hydroxyl groups excluding tert-OH is 1. The van der Waals surface area contributed by atoms with Crippen LogP contribution in [0.4, 0.5) is 5.13 Å². The number of benzene rings is 2. The van der Waals surface area contributed by atoms with Crippen LogP contribution in [0.3, 0.4) is 0 Å². The van der Waals surface area contributed by atoms with Crippen LogP contribution < -0.4 is 14.4 Å². The summed E-state index contributed by atoms with van der Waals surface area (Å²) in [5.41, 5.74) is 2.21. The average molecular weight is 519 g/mol. The quantitative estimate of drug-likeness (QED) is 0.207. The number of aliphatic hydroxyl groups is 1. The molecule has 1 amide bonds. The highest BCUT2D eigenvalue weighted by atomic mass is 32.1. The van der Waals surface area contributed by atoms with Crippen molar-refractivity contribution in [3.8, 4) is 11.5 Å². The molecule has 4 heterocycles. The van der Waals surface area contributed by atoms with Crippen molar-refractivity contribution in [3.05, 3.63) is 75.5 Å². The van der Waals surface area contributed by atoms with Crippen LogP contribution in [0, 0.1) is 0 Å². The number of carbonyl (C=O) groups excluding carboxylic acids is 2. The summed E-state index contributed by atoms with van der Waals surface area (Å²) in [5, 5.41) is 13.7. The van der Waals surface area contributed by atoms with E-state index in [0.29, 0.717) is 35.0 Å². The summed E-state index contributed by atoms with van der Waals surface area (Å²) in [5.74, 6) is -0.152. The van der Waals surface area contributed by atoms with E-state index in [1.165, 1.54) is 27.6 Å². The molecule has 1 fully saturated rings. The molecule has 0 radical (unpaired) electrons. The molecule has 1 N–H and O–H groups in total. The Morgan fingerprint density at radius 3 is 2.86 bits per heavy atom. The molecule has 0 saturated carbocycles. The van der Waals surface area contributed by atoms with Crippen molar-refractivity contribution in [1.29, 1.82) is 0 Å². The van der Waals surface area contributed by atoms with Gasteiger partial charge in [0.05, 0.1) is 22.4 Å². The van der Waals surface area contributed by atoms with Gasteiger partial charge in [0.25, 0.3) is 5.78 Å². The lowest BCUT2D eigenvalue weighted by atomic mass is 9.98. The molecular formula is C27H22N2O5S2. The van der Waals surface area contributed by atoms with E-state index in [9.17, 15) is 14.7 Å². The molecule has 36 heavy (non-hydrogen) atoms. The van der Waals surface area contributed by atoms with Crippen LogP contribution in [0.15, 0.2) is 59.5 Å². The minimum Gasteiger partial charge on any atom is -0.507 e. The van der Waals surface area contributed by atoms with Gasteiger partial charge >= 0.3 is 5.91 Å². The minimum atomic E-state index is -0.777. The Bertz CT molecular complexity index is 1540. The largest absolute Gasteiger partial charge is 0.507 e. The number of aromatic nitrogens is 1. The van der Waals surface area contributed by atoms with Gasteiger partial charge in [-0.25, -0.2) is 4.98 Å². The number of hydrogen-bond donors (Lipinski definition) is 1. The van der Waals surface area contributed by atoms with Gasteiger partial charge in [-0.2, -0.15) is 0 Å². The highest BCUT2D eigenvalue weighted by Gasteiger charge is 2.48. The van der Waals surface area contributed by atoms with Crippen LogP contribution >= 0.6 is 22.7 Å². The number of thiazole rings is 1. The molecule has 0 bridgehead atoms. The molecule has 4 aromatic rings. The second-order valence-electron chi connectivity index (χ2n) is 8.70. The van der Waals surface area contributed by atoms with Crippen LogP contribution in [-0.4, -0.2) is 34.5 Å².